The molecule has 2 aromatic heterocycles. The molecular weight excluding hydrogens is 450 g/mol. The Hall–Kier alpha value is -2.23. The maximum absolute atomic E-state index is 12.9. The number of carboxylic acids is 1. The Morgan fingerprint density at radius 3 is 2.59 bits per heavy atom. The van der Waals surface area contributed by atoms with Crippen molar-refractivity contribution in [3.05, 3.63) is 38.3 Å². The topological polar surface area (TPSA) is 120 Å². The lowest BCUT2D eigenvalue weighted by Crippen LogP contribution is -2.53. The number of nitrogens with one attached hydrogen (secondary N) is 3. The van der Waals surface area contributed by atoms with Crippen LogP contribution in [0.3, 0.4) is 0 Å². The van der Waals surface area contributed by atoms with Gasteiger partial charge in [0, 0.05) is 18.1 Å². The Kier molecular flexibility index (Phi) is 8.08. The van der Waals surface area contributed by atoms with E-state index < -0.39 is 5.97 Å². The molecule has 1 aliphatic rings. The highest BCUT2D eigenvalue weighted by molar-refractivity contribution is 7.14. The van der Waals surface area contributed by atoms with E-state index in [4.69, 9.17) is 11.6 Å². The highest BCUT2D eigenvalue weighted by Gasteiger charge is 2.30. The second-order valence-corrected chi connectivity index (χ2v) is 9.32. The van der Waals surface area contributed by atoms with Gasteiger partial charge in [0.15, 0.2) is 11.0 Å². The molecule has 0 aromatic carbocycles. The molecule has 1 aliphatic carbocycles. The molecule has 8 nitrogen and oxygen atoms in total. The number of carboxylic acid groups (broad SMARTS) is 1. The molecule has 2 atom stereocenters. The summed E-state index contributed by atoms with van der Waals surface area (Å²) in [7, 11) is 0. The number of aromatic amines is 1. The first-order valence-electron chi connectivity index (χ1n) is 11.0. The van der Waals surface area contributed by atoms with Crippen molar-refractivity contribution in [3.8, 4) is 0 Å². The van der Waals surface area contributed by atoms with Gasteiger partial charge in [0.2, 0.25) is 0 Å². The van der Waals surface area contributed by atoms with Crippen LogP contribution in [0.25, 0.3) is 5.57 Å². The van der Waals surface area contributed by atoms with Crippen LogP contribution in [0.5, 0.6) is 0 Å². The lowest BCUT2D eigenvalue weighted by molar-refractivity contribution is 0.0700. The quantitative estimate of drug-likeness (QED) is 0.427. The number of amides is 1. The van der Waals surface area contributed by atoms with Crippen molar-refractivity contribution in [1.29, 1.82) is 0 Å². The molecule has 0 radical (unpaired) electrons. The lowest BCUT2D eigenvalue weighted by atomic mass is 9.90. The molecular formula is C22H30ClN5O3S. The second kappa shape index (κ2) is 10.6. The Morgan fingerprint density at radius 2 is 2.03 bits per heavy atom. The van der Waals surface area contributed by atoms with Crippen LogP contribution in [-0.2, 0) is 6.42 Å². The molecule has 1 amide bonds. The van der Waals surface area contributed by atoms with Gasteiger partial charge in [0.1, 0.15) is 9.88 Å². The van der Waals surface area contributed by atoms with Gasteiger partial charge in [-0.05, 0) is 44.6 Å². The molecule has 32 heavy (non-hydrogen) atoms. The molecule has 2 aromatic rings. The van der Waals surface area contributed by atoms with Crippen molar-refractivity contribution in [1.82, 2.24) is 25.6 Å². The zero-order valence-electron chi connectivity index (χ0n) is 18.8. The molecule has 4 N–H and O–H groups in total. The summed E-state index contributed by atoms with van der Waals surface area (Å²) in [6.45, 7) is 7.92. The lowest BCUT2D eigenvalue weighted by Gasteiger charge is -2.33. The highest BCUT2D eigenvalue weighted by atomic mass is 35.5. The molecule has 10 heteroatoms. The number of carbonyl (C=O) groups is 2. The zero-order chi connectivity index (χ0) is 23.4. The van der Waals surface area contributed by atoms with E-state index in [9.17, 15) is 14.7 Å². The van der Waals surface area contributed by atoms with Crippen molar-refractivity contribution < 1.29 is 14.7 Å². The molecule has 174 valence electrons. The number of hydrogen-bond acceptors (Lipinski definition) is 6. The fourth-order valence-corrected chi connectivity index (χ4v) is 5.13. The Morgan fingerprint density at radius 1 is 1.31 bits per heavy atom. The number of nitrogens with zero attached hydrogens (tertiary/aromatic N) is 2. The van der Waals surface area contributed by atoms with Gasteiger partial charge in [-0.3, -0.25) is 4.79 Å². The third-order valence-corrected chi connectivity index (χ3v) is 7.37. The van der Waals surface area contributed by atoms with Crippen LogP contribution in [0, 0.1) is 6.92 Å². The van der Waals surface area contributed by atoms with E-state index in [1.165, 1.54) is 11.3 Å². The largest absolute Gasteiger partial charge is 0.477 e. The number of aromatic carboxylic acids is 1. The average Bonchev–Trinajstić information content (AvgIpc) is 3.35. The van der Waals surface area contributed by atoms with Gasteiger partial charge >= 0.3 is 5.97 Å². The third-order valence-electron chi connectivity index (χ3n) is 5.83. The number of allylic oxidation sites excluding steroid dienone is 1. The minimum atomic E-state index is -0.955. The summed E-state index contributed by atoms with van der Waals surface area (Å²) >= 11 is 7.30. The van der Waals surface area contributed by atoms with E-state index in [0.29, 0.717) is 36.2 Å². The average molecular weight is 480 g/mol. The number of aryl methyl sites for hydroxylation is 2. The van der Waals surface area contributed by atoms with Crippen LogP contribution < -0.4 is 10.6 Å². The number of rotatable bonds is 9. The van der Waals surface area contributed by atoms with Gasteiger partial charge in [-0.2, -0.15) is 0 Å². The van der Waals surface area contributed by atoms with Crippen molar-refractivity contribution >= 4 is 40.4 Å². The van der Waals surface area contributed by atoms with E-state index in [1.54, 1.807) is 6.92 Å². The molecule has 0 saturated carbocycles. The van der Waals surface area contributed by atoms with Crippen LogP contribution in [0.4, 0.5) is 0 Å². The third kappa shape index (κ3) is 5.39. The van der Waals surface area contributed by atoms with Crippen molar-refractivity contribution in [3.63, 3.8) is 0 Å². The van der Waals surface area contributed by atoms with Gasteiger partial charge in [-0.25, -0.2) is 14.8 Å². The number of thiazole rings is 1. The van der Waals surface area contributed by atoms with Gasteiger partial charge in [0.25, 0.3) is 5.91 Å². The smallest absolute Gasteiger partial charge is 0.347 e. The van der Waals surface area contributed by atoms with Crippen LogP contribution in [0.2, 0.25) is 5.15 Å². The monoisotopic (exact) mass is 479 g/mol. The maximum Gasteiger partial charge on any atom is 0.347 e. The number of aromatic nitrogens is 3. The number of halogens is 1. The number of hydrogen-bond donors (Lipinski definition) is 4. The standard InChI is InChI=1S/C22H30ClN5O3S/c1-5-13(6-2)25-16-10-12(21-24-11(4)17(32-21)22(30)31)8-9-15(16)27-20(29)19-26-14(7-3)18(23)28-19/h10,13,15-16,25H,5-9H2,1-4H3,(H,26,28)(H,27,29)(H,30,31)/t15-,16+/m1/s1. The molecule has 2 heterocycles. The second-order valence-electron chi connectivity index (χ2n) is 7.96. The van der Waals surface area contributed by atoms with E-state index in [2.05, 4.69) is 45.5 Å². The molecule has 0 saturated heterocycles. The van der Waals surface area contributed by atoms with Crippen LogP contribution in [0.1, 0.15) is 83.1 Å². The highest BCUT2D eigenvalue weighted by Crippen LogP contribution is 2.32. The predicted molar refractivity (Wildman–Crippen MR) is 127 cm³/mol. The molecule has 0 spiro atoms. The van der Waals surface area contributed by atoms with Gasteiger partial charge < -0.3 is 20.7 Å². The predicted octanol–water partition coefficient (Wildman–Crippen LogP) is 4.21. The van der Waals surface area contributed by atoms with Crippen LogP contribution in [0.15, 0.2) is 6.08 Å². The first kappa shape index (κ1) is 24.4. The SMILES string of the molecule is CCc1[nH]c(C(=O)N[C@@H]2CCC(c3nc(C)c(C(=O)O)s3)=C[C@@H]2NC(CC)CC)nc1Cl. The van der Waals surface area contributed by atoms with Gasteiger partial charge in [-0.1, -0.05) is 38.4 Å². The summed E-state index contributed by atoms with van der Waals surface area (Å²) in [4.78, 5) is 36.2. The summed E-state index contributed by atoms with van der Waals surface area (Å²) in [5.41, 5.74) is 2.27. The van der Waals surface area contributed by atoms with E-state index in [1.807, 2.05) is 6.92 Å². The van der Waals surface area contributed by atoms with Gasteiger partial charge in [0.05, 0.1) is 11.4 Å². The number of imidazole rings is 1. The van der Waals surface area contributed by atoms with E-state index in [0.717, 1.165) is 29.1 Å². The molecule has 0 fully saturated rings. The van der Waals surface area contributed by atoms with Gasteiger partial charge in [-0.15, -0.1) is 11.3 Å². The number of H-pyrrole nitrogens is 1. The first-order chi connectivity index (χ1) is 15.3. The Labute approximate surface area is 196 Å². The molecule has 0 aliphatic heterocycles. The summed E-state index contributed by atoms with van der Waals surface area (Å²) in [6, 6.07) is 0.0503. The Balaban J connectivity index is 1.85. The van der Waals surface area contributed by atoms with Crippen molar-refractivity contribution in [2.45, 2.75) is 77.9 Å². The fraction of sp³-hybridized carbons (Fsp3) is 0.545. The number of carbonyl (C=O) groups excluding carboxylic acids is 1. The Bertz CT molecular complexity index is 1010. The molecule has 0 bridgehead atoms. The molecule has 3 rings (SSSR count). The fourth-order valence-electron chi connectivity index (χ4n) is 3.91. The van der Waals surface area contributed by atoms with Crippen LogP contribution >= 0.6 is 22.9 Å². The minimum absolute atomic E-state index is 0.110. The summed E-state index contributed by atoms with van der Waals surface area (Å²) < 4.78 is 0. The van der Waals surface area contributed by atoms with Crippen molar-refractivity contribution in [2.24, 2.45) is 0 Å². The molecule has 0 unspecified atom stereocenters. The summed E-state index contributed by atoms with van der Waals surface area (Å²) in [6.07, 6.45) is 6.07. The maximum atomic E-state index is 12.9. The normalized spacial score (nSPS) is 18.6. The zero-order valence-corrected chi connectivity index (χ0v) is 20.4. The van der Waals surface area contributed by atoms with E-state index in [-0.39, 0.29) is 28.7 Å². The van der Waals surface area contributed by atoms with Crippen molar-refractivity contribution in [2.75, 3.05) is 0 Å². The summed E-state index contributed by atoms with van der Waals surface area (Å²) in [5, 5.41) is 17.2. The summed E-state index contributed by atoms with van der Waals surface area (Å²) in [5.74, 6) is -1.03. The minimum Gasteiger partial charge on any atom is -0.477 e. The van der Waals surface area contributed by atoms with E-state index >= 15 is 0 Å². The van der Waals surface area contributed by atoms with Crippen LogP contribution in [-0.4, -0.2) is 50.1 Å². The first-order valence-corrected chi connectivity index (χ1v) is 12.2.